The Morgan fingerprint density at radius 2 is 2.00 bits per heavy atom. The predicted molar refractivity (Wildman–Crippen MR) is 76.3 cm³/mol. The zero-order chi connectivity index (χ0) is 14.2. The topological polar surface area (TPSA) is 63.2 Å². The Hall–Kier alpha value is -2.56. The number of nitrogens with zero attached hydrogens (tertiary/aromatic N) is 1. The molecule has 1 aromatic carbocycles. The van der Waals surface area contributed by atoms with E-state index in [0.29, 0.717) is 13.1 Å². The van der Waals surface area contributed by atoms with Crippen molar-refractivity contribution in [1.29, 1.82) is 0 Å². The number of pyridine rings is 1. The minimum Gasteiger partial charge on any atom is -0.497 e. The standard InChI is InChI=1S/C15H17N3O2/c1-20-14-7-4-5-12(9-14)10-17-15(19)18-11-13-6-2-3-8-16-13/h2-9H,10-11H2,1H3,(H2,17,18,19). The van der Waals surface area contributed by atoms with E-state index in [4.69, 9.17) is 4.74 Å². The molecule has 0 fully saturated rings. The van der Waals surface area contributed by atoms with Crippen LogP contribution in [0.3, 0.4) is 0 Å². The number of carbonyl (C=O) groups is 1. The van der Waals surface area contributed by atoms with Gasteiger partial charge in [-0.05, 0) is 29.8 Å². The molecule has 2 rings (SSSR count). The molecule has 0 spiro atoms. The molecule has 5 heteroatoms. The van der Waals surface area contributed by atoms with Gasteiger partial charge in [-0.2, -0.15) is 0 Å². The van der Waals surface area contributed by atoms with E-state index in [0.717, 1.165) is 17.0 Å². The van der Waals surface area contributed by atoms with Crippen LogP contribution in [0.25, 0.3) is 0 Å². The van der Waals surface area contributed by atoms with Gasteiger partial charge in [0.25, 0.3) is 0 Å². The van der Waals surface area contributed by atoms with Gasteiger partial charge in [0.15, 0.2) is 0 Å². The Bertz CT molecular complexity index is 558. The van der Waals surface area contributed by atoms with Crippen LogP contribution in [-0.2, 0) is 13.1 Å². The Labute approximate surface area is 118 Å². The number of nitrogens with one attached hydrogen (secondary N) is 2. The first-order valence-electron chi connectivity index (χ1n) is 6.32. The van der Waals surface area contributed by atoms with Crippen LogP contribution in [0, 0.1) is 0 Å². The maximum Gasteiger partial charge on any atom is 0.315 e. The molecule has 1 heterocycles. The minimum absolute atomic E-state index is 0.224. The van der Waals surface area contributed by atoms with Crippen molar-refractivity contribution in [1.82, 2.24) is 15.6 Å². The van der Waals surface area contributed by atoms with Crippen molar-refractivity contribution in [3.8, 4) is 5.75 Å². The molecule has 2 aromatic rings. The van der Waals surface area contributed by atoms with Crippen molar-refractivity contribution in [3.05, 3.63) is 59.9 Å². The maximum atomic E-state index is 11.7. The quantitative estimate of drug-likeness (QED) is 0.875. The summed E-state index contributed by atoms with van der Waals surface area (Å²) in [4.78, 5) is 15.8. The van der Waals surface area contributed by atoms with Crippen molar-refractivity contribution in [2.45, 2.75) is 13.1 Å². The van der Waals surface area contributed by atoms with Crippen molar-refractivity contribution in [2.75, 3.05) is 7.11 Å². The van der Waals surface area contributed by atoms with Gasteiger partial charge < -0.3 is 15.4 Å². The number of carbonyl (C=O) groups excluding carboxylic acids is 1. The number of rotatable bonds is 5. The second kappa shape index (κ2) is 7.13. The summed E-state index contributed by atoms with van der Waals surface area (Å²) in [5.74, 6) is 0.776. The van der Waals surface area contributed by atoms with E-state index >= 15 is 0 Å². The highest BCUT2D eigenvalue weighted by molar-refractivity contribution is 5.73. The summed E-state index contributed by atoms with van der Waals surface area (Å²) in [5.41, 5.74) is 1.81. The fourth-order valence-corrected chi connectivity index (χ4v) is 1.70. The van der Waals surface area contributed by atoms with Crippen LogP contribution < -0.4 is 15.4 Å². The molecule has 0 atom stereocenters. The highest BCUT2D eigenvalue weighted by Crippen LogP contribution is 2.11. The molecule has 0 bridgehead atoms. The molecule has 5 nitrogen and oxygen atoms in total. The number of urea groups is 1. The lowest BCUT2D eigenvalue weighted by Gasteiger charge is -2.08. The third kappa shape index (κ3) is 4.28. The molecule has 0 aliphatic heterocycles. The van der Waals surface area contributed by atoms with Gasteiger partial charge in [0.05, 0.1) is 19.3 Å². The number of aromatic nitrogens is 1. The molecular formula is C15H17N3O2. The van der Waals surface area contributed by atoms with Gasteiger partial charge in [0.2, 0.25) is 0 Å². The highest BCUT2D eigenvalue weighted by atomic mass is 16.5. The van der Waals surface area contributed by atoms with E-state index in [-0.39, 0.29) is 6.03 Å². The monoisotopic (exact) mass is 271 g/mol. The third-order valence-corrected chi connectivity index (χ3v) is 2.74. The predicted octanol–water partition coefficient (Wildman–Crippen LogP) is 2.09. The summed E-state index contributed by atoms with van der Waals surface area (Å²) in [7, 11) is 1.62. The summed E-state index contributed by atoms with van der Waals surface area (Å²) in [6, 6.07) is 12.9. The van der Waals surface area contributed by atoms with E-state index < -0.39 is 0 Å². The van der Waals surface area contributed by atoms with E-state index in [1.807, 2.05) is 42.5 Å². The van der Waals surface area contributed by atoms with E-state index in [1.165, 1.54) is 0 Å². The lowest BCUT2D eigenvalue weighted by atomic mass is 10.2. The molecule has 0 saturated heterocycles. The van der Waals surface area contributed by atoms with E-state index in [2.05, 4.69) is 15.6 Å². The molecule has 0 unspecified atom stereocenters. The lowest BCUT2D eigenvalue weighted by molar-refractivity contribution is 0.240. The average molecular weight is 271 g/mol. The van der Waals surface area contributed by atoms with E-state index in [9.17, 15) is 4.79 Å². The molecule has 0 radical (unpaired) electrons. The van der Waals surface area contributed by atoms with Gasteiger partial charge in [-0.25, -0.2) is 4.79 Å². The van der Waals surface area contributed by atoms with Crippen LogP contribution in [0.5, 0.6) is 5.75 Å². The SMILES string of the molecule is COc1cccc(CNC(=O)NCc2ccccn2)c1. The van der Waals surface area contributed by atoms with Crippen molar-refractivity contribution < 1.29 is 9.53 Å². The van der Waals surface area contributed by atoms with Crippen molar-refractivity contribution >= 4 is 6.03 Å². The normalized spacial score (nSPS) is 9.85. The van der Waals surface area contributed by atoms with E-state index in [1.54, 1.807) is 13.3 Å². The summed E-state index contributed by atoms with van der Waals surface area (Å²) >= 11 is 0. The molecule has 1 aromatic heterocycles. The molecule has 2 N–H and O–H groups in total. The van der Waals surface area contributed by atoms with Crippen LogP contribution >= 0.6 is 0 Å². The van der Waals surface area contributed by atoms with Gasteiger partial charge in [0.1, 0.15) is 5.75 Å². The largest absolute Gasteiger partial charge is 0.497 e. The molecule has 0 aliphatic carbocycles. The van der Waals surface area contributed by atoms with Crippen molar-refractivity contribution in [3.63, 3.8) is 0 Å². The number of hydrogen-bond acceptors (Lipinski definition) is 3. The smallest absolute Gasteiger partial charge is 0.315 e. The van der Waals surface area contributed by atoms with Crippen LogP contribution in [0.15, 0.2) is 48.7 Å². The first-order chi connectivity index (χ1) is 9.78. The van der Waals surface area contributed by atoms with Gasteiger partial charge in [-0.3, -0.25) is 4.98 Å². The third-order valence-electron chi connectivity index (χ3n) is 2.74. The molecule has 0 aliphatic rings. The molecule has 0 saturated carbocycles. The lowest BCUT2D eigenvalue weighted by Crippen LogP contribution is -2.34. The maximum absolute atomic E-state index is 11.7. The molecule has 20 heavy (non-hydrogen) atoms. The van der Waals surface area contributed by atoms with Crippen LogP contribution in [0.1, 0.15) is 11.3 Å². The first-order valence-corrected chi connectivity index (χ1v) is 6.32. The summed E-state index contributed by atoms with van der Waals surface area (Å²) in [5, 5.41) is 5.54. The molecular weight excluding hydrogens is 254 g/mol. The fourth-order valence-electron chi connectivity index (χ4n) is 1.70. The average Bonchev–Trinajstić information content (AvgIpc) is 2.52. The Kier molecular flexibility index (Phi) is 4.94. The van der Waals surface area contributed by atoms with Gasteiger partial charge in [-0.1, -0.05) is 18.2 Å². The second-order valence-corrected chi connectivity index (χ2v) is 4.21. The number of ether oxygens (including phenoxy) is 1. The van der Waals surface area contributed by atoms with Crippen molar-refractivity contribution in [2.24, 2.45) is 0 Å². The van der Waals surface area contributed by atoms with Crippen LogP contribution in [0.2, 0.25) is 0 Å². The summed E-state index contributed by atoms with van der Waals surface area (Å²) in [6.07, 6.45) is 1.70. The zero-order valence-corrected chi connectivity index (χ0v) is 11.3. The highest BCUT2D eigenvalue weighted by Gasteiger charge is 2.01. The fraction of sp³-hybridized carbons (Fsp3) is 0.200. The Morgan fingerprint density at radius 3 is 2.75 bits per heavy atom. The zero-order valence-electron chi connectivity index (χ0n) is 11.3. The second-order valence-electron chi connectivity index (χ2n) is 4.21. The summed E-state index contributed by atoms with van der Waals surface area (Å²) in [6.45, 7) is 0.857. The molecule has 104 valence electrons. The number of hydrogen-bond donors (Lipinski definition) is 2. The minimum atomic E-state index is -0.224. The summed E-state index contributed by atoms with van der Waals surface area (Å²) < 4.78 is 5.13. The van der Waals surface area contributed by atoms with Crippen LogP contribution in [0.4, 0.5) is 4.79 Å². The molecule has 2 amide bonds. The Morgan fingerprint density at radius 1 is 1.15 bits per heavy atom. The van der Waals surface area contributed by atoms with Gasteiger partial charge in [-0.15, -0.1) is 0 Å². The van der Waals surface area contributed by atoms with Gasteiger partial charge >= 0.3 is 6.03 Å². The van der Waals surface area contributed by atoms with Crippen LogP contribution in [-0.4, -0.2) is 18.1 Å². The first kappa shape index (κ1) is 13.9. The number of methoxy groups -OCH3 is 1. The number of benzene rings is 1. The Balaban J connectivity index is 1.77. The number of amides is 2. The van der Waals surface area contributed by atoms with Gasteiger partial charge in [0, 0.05) is 12.7 Å².